The minimum atomic E-state index is -1.22. The van der Waals surface area contributed by atoms with Crippen LogP contribution < -0.4 is 15.0 Å². The second-order valence-corrected chi connectivity index (χ2v) is 10.3. The molecule has 1 aliphatic rings. The standard InChI is InChI=1S/C27H34ClN3O6/c1-6-36-19-11-12-20(21(28)13-19)24(32)31-14-17(2)30(15-18-9-7-8-10-23(18)31)26(35)29-22(25(33)34)16-37-27(3,4)5/h7-13,17,22H,6,14-16H2,1-5H3,(H,29,35)(H,33,34)/t17-,22?/m1/s1. The Bertz CT molecular complexity index is 1150. The number of benzene rings is 2. The second-order valence-electron chi connectivity index (χ2n) is 9.86. The average molecular weight is 532 g/mol. The van der Waals surface area contributed by atoms with Gasteiger partial charge in [0.1, 0.15) is 5.75 Å². The minimum Gasteiger partial charge on any atom is -0.494 e. The lowest BCUT2D eigenvalue weighted by molar-refractivity contribution is -0.142. The van der Waals surface area contributed by atoms with Gasteiger partial charge in [0, 0.05) is 24.8 Å². The van der Waals surface area contributed by atoms with Crippen molar-refractivity contribution in [1.82, 2.24) is 10.2 Å². The van der Waals surface area contributed by atoms with Gasteiger partial charge in [-0.3, -0.25) is 4.79 Å². The molecule has 1 unspecified atom stereocenters. The molecule has 0 fully saturated rings. The quantitative estimate of drug-likeness (QED) is 0.542. The number of halogens is 1. The molecule has 0 saturated carbocycles. The number of urea groups is 1. The van der Waals surface area contributed by atoms with Gasteiger partial charge < -0.3 is 29.7 Å². The first-order valence-corrected chi connectivity index (χ1v) is 12.5. The lowest BCUT2D eigenvalue weighted by Gasteiger charge is -2.31. The van der Waals surface area contributed by atoms with Crippen molar-refractivity contribution >= 4 is 35.2 Å². The Kier molecular flexibility index (Phi) is 9.04. The SMILES string of the molecule is CCOc1ccc(C(=O)N2C[C@@H](C)N(C(=O)NC(COC(C)(C)C)C(=O)O)Cc3ccccc32)c(Cl)c1. The van der Waals surface area contributed by atoms with E-state index in [0.29, 0.717) is 23.6 Å². The number of anilines is 1. The first-order chi connectivity index (χ1) is 17.4. The highest BCUT2D eigenvalue weighted by atomic mass is 35.5. The number of carboxylic acids is 1. The van der Waals surface area contributed by atoms with Crippen LogP contribution in [0.2, 0.25) is 5.02 Å². The minimum absolute atomic E-state index is 0.176. The van der Waals surface area contributed by atoms with Crippen LogP contribution in [-0.4, -0.2) is 65.4 Å². The molecule has 2 atom stereocenters. The molecule has 200 valence electrons. The van der Waals surface area contributed by atoms with E-state index < -0.39 is 29.7 Å². The van der Waals surface area contributed by atoms with Gasteiger partial charge in [-0.25, -0.2) is 9.59 Å². The van der Waals surface area contributed by atoms with Crippen molar-refractivity contribution < 1.29 is 29.0 Å². The molecule has 0 aromatic heterocycles. The Balaban J connectivity index is 1.86. The Morgan fingerprint density at radius 1 is 1.19 bits per heavy atom. The fourth-order valence-electron chi connectivity index (χ4n) is 3.98. The molecule has 0 bridgehead atoms. The number of rotatable bonds is 7. The summed E-state index contributed by atoms with van der Waals surface area (Å²) < 4.78 is 11.1. The van der Waals surface area contributed by atoms with Gasteiger partial charge in [0.05, 0.1) is 29.4 Å². The molecule has 3 rings (SSSR count). The van der Waals surface area contributed by atoms with E-state index in [1.165, 1.54) is 4.90 Å². The highest BCUT2D eigenvalue weighted by Gasteiger charge is 2.34. The molecule has 2 aromatic carbocycles. The third kappa shape index (κ3) is 7.14. The lowest BCUT2D eigenvalue weighted by Crippen LogP contribution is -2.53. The maximum atomic E-state index is 13.7. The van der Waals surface area contributed by atoms with Crippen molar-refractivity contribution in [2.24, 2.45) is 0 Å². The van der Waals surface area contributed by atoms with Crippen LogP contribution in [0.1, 0.15) is 50.5 Å². The van der Waals surface area contributed by atoms with Gasteiger partial charge in [0.2, 0.25) is 0 Å². The van der Waals surface area contributed by atoms with Crippen molar-refractivity contribution in [3.63, 3.8) is 0 Å². The van der Waals surface area contributed by atoms with Crippen molar-refractivity contribution in [3.05, 3.63) is 58.6 Å². The number of amides is 3. The zero-order valence-electron chi connectivity index (χ0n) is 21.8. The molecule has 0 saturated heterocycles. The van der Waals surface area contributed by atoms with Crippen LogP contribution in [0.15, 0.2) is 42.5 Å². The maximum absolute atomic E-state index is 13.7. The fraction of sp³-hybridized carbons (Fsp3) is 0.444. The third-order valence-corrected chi connectivity index (χ3v) is 6.18. The number of aliphatic carboxylic acids is 1. The number of carbonyl (C=O) groups is 3. The Morgan fingerprint density at radius 2 is 1.89 bits per heavy atom. The number of hydrogen-bond acceptors (Lipinski definition) is 5. The molecule has 3 amide bonds. The lowest BCUT2D eigenvalue weighted by atomic mass is 10.1. The van der Waals surface area contributed by atoms with Crippen LogP contribution in [0, 0.1) is 0 Å². The van der Waals surface area contributed by atoms with Crippen LogP contribution in [0.25, 0.3) is 0 Å². The molecule has 10 heteroatoms. The summed E-state index contributed by atoms with van der Waals surface area (Å²) in [5, 5.41) is 12.5. The maximum Gasteiger partial charge on any atom is 0.328 e. The van der Waals surface area contributed by atoms with Crippen LogP contribution >= 0.6 is 11.6 Å². The van der Waals surface area contributed by atoms with Crippen molar-refractivity contribution in [1.29, 1.82) is 0 Å². The molecule has 0 radical (unpaired) electrons. The number of nitrogens with zero attached hydrogens (tertiary/aromatic N) is 2. The van der Waals surface area contributed by atoms with Gasteiger partial charge in [-0.2, -0.15) is 0 Å². The van der Waals surface area contributed by atoms with Crippen molar-refractivity contribution in [2.75, 3.05) is 24.7 Å². The van der Waals surface area contributed by atoms with Crippen LogP contribution in [0.3, 0.4) is 0 Å². The van der Waals surface area contributed by atoms with Gasteiger partial charge >= 0.3 is 12.0 Å². The molecule has 2 aromatic rings. The molecule has 0 spiro atoms. The van der Waals surface area contributed by atoms with Gasteiger partial charge in [-0.1, -0.05) is 29.8 Å². The number of carboxylic acid groups (broad SMARTS) is 1. The van der Waals surface area contributed by atoms with E-state index >= 15 is 0 Å². The summed E-state index contributed by atoms with van der Waals surface area (Å²) in [6.45, 7) is 9.78. The Labute approximate surface area is 222 Å². The van der Waals surface area contributed by atoms with Gasteiger partial charge in [0.25, 0.3) is 5.91 Å². The number of fused-ring (bicyclic) bond motifs is 1. The number of hydrogen-bond donors (Lipinski definition) is 2. The molecule has 1 aliphatic heterocycles. The van der Waals surface area contributed by atoms with Crippen LogP contribution in [0.4, 0.5) is 10.5 Å². The molecular formula is C27H34ClN3O6. The smallest absolute Gasteiger partial charge is 0.328 e. The summed E-state index contributed by atoms with van der Waals surface area (Å²) in [7, 11) is 0. The summed E-state index contributed by atoms with van der Waals surface area (Å²) in [5.41, 5.74) is 1.16. The molecular weight excluding hydrogens is 498 g/mol. The largest absolute Gasteiger partial charge is 0.494 e. The first-order valence-electron chi connectivity index (χ1n) is 12.2. The molecule has 2 N–H and O–H groups in total. The number of para-hydroxylation sites is 1. The van der Waals surface area contributed by atoms with Gasteiger partial charge in [-0.05, 0) is 64.4 Å². The van der Waals surface area contributed by atoms with Gasteiger partial charge in [0.15, 0.2) is 6.04 Å². The van der Waals surface area contributed by atoms with E-state index in [9.17, 15) is 19.5 Å². The van der Waals surface area contributed by atoms with Crippen molar-refractivity contribution in [2.45, 2.75) is 58.8 Å². The summed E-state index contributed by atoms with van der Waals surface area (Å²) in [6.07, 6.45) is 0. The molecule has 0 aliphatic carbocycles. The zero-order chi connectivity index (χ0) is 27.3. The second kappa shape index (κ2) is 11.8. The van der Waals surface area contributed by atoms with E-state index in [2.05, 4.69) is 5.32 Å². The van der Waals surface area contributed by atoms with E-state index in [1.807, 2.05) is 58.9 Å². The monoisotopic (exact) mass is 531 g/mol. The summed E-state index contributed by atoms with van der Waals surface area (Å²) >= 11 is 6.44. The highest BCUT2D eigenvalue weighted by Crippen LogP contribution is 2.31. The van der Waals surface area contributed by atoms with E-state index in [0.717, 1.165) is 5.56 Å². The molecule has 1 heterocycles. The summed E-state index contributed by atoms with van der Waals surface area (Å²) in [5.74, 6) is -0.932. The van der Waals surface area contributed by atoms with Crippen LogP contribution in [-0.2, 0) is 16.1 Å². The summed E-state index contributed by atoms with van der Waals surface area (Å²) in [6, 6.07) is 10.0. The Morgan fingerprint density at radius 3 is 2.51 bits per heavy atom. The highest BCUT2D eigenvalue weighted by molar-refractivity contribution is 6.34. The molecule has 9 nitrogen and oxygen atoms in total. The van der Waals surface area contributed by atoms with E-state index in [1.54, 1.807) is 23.1 Å². The third-order valence-electron chi connectivity index (χ3n) is 5.87. The topological polar surface area (TPSA) is 108 Å². The number of carbonyl (C=O) groups excluding carboxylic acids is 2. The first kappa shape index (κ1) is 28.3. The van der Waals surface area contributed by atoms with Crippen molar-refractivity contribution in [3.8, 4) is 5.75 Å². The predicted octanol–water partition coefficient (Wildman–Crippen LogP) is 4.57. The number of nitrogens with one attached hydrogen (secondary N) is 1. The van der Waals surface area contributed by atoms with Gasteiger partial charge in [-0.15, -0.1) is 0 Å². The predicted molar refractivity (Wildman–Crippen MR) is 141 cm³/mol. The van der Waals surface area contributed by atoms with Crippen LogP contribution in [0.5, 0.6) is 5.75 Å². The average Bonchev–Trinajstić information content (AvgIpc) is 2.97. The molecule has 37 heavy (non-hydrogen) atoms. The zero-order valence-corrected chi connectivity index (χ0v) is 22.5. The Hall–Kier alpha value is -3.30. The summed E-state index contributed by atoms with van der Waals surface area (Å²) in [4.78, 5) is 41.8. The fourth-order valence-corrected chi connectivity index (χ4v) is 4.24. The normalized spacial score (nSPS) is 16.4. The number of ether oxygens (including phenoxy) is 2. The van der Waals surface area contributed by atoms with E-state index in [4.69, 9.17) is 21.1 Å². The van der Waals surface area contributed by atoms with E-state index in [-0.39, 0.29) is 30.6 Å².